The third-order valence-electron chi connectivity index (χ3n) is 5.88. The largest absolute Gasteiger partial charge is 0.368 e. The summed E-state index contributed by atoms with van der Waals surface area (Å²) >= 11 is 3.40. The lowest BCUT2D eigenvalue weighted by atomic mass is 10.1. The molecule has 2 heterocycles. The molecule has 0 aliphatic carbocycles. The van der Waals surface area contributed by atoms with E-state index in [1.807, 2.05) is 41.3 Å². The Bertz CT molecular complexity index is 920. The Balaban J connectivity index is 1.47. The van der Waals surface area contributed by atoms with Gasteiger partial charge in [0.25, 0.3) is 11.6 Å². The van der Waals surface area contributed by atoms with Crippen molar-refractivity contribution in [2.24, 2.45) is 0 Å². The predicted octanol–water partition coefficient (Wildman–Crippen LogP) is 4.31. The van der Waals surface area contributed by atoms with E-state index in [2.05, 4.69) is 25.7 Å². The standard InChI is InChI=1S/C22H25BrN4O3/c23-18-6-4-17(5-7-18)22(28)26-14-12-24(13-15-26)19-8-9-20(27(29)30)21(16-19)25-10-2-1-3-11-25/h4-9,16H,1-3,10-15H2. The highest BCUT2D eigenvalue weighted by Gasteiger charge is 2.26. The van der Waals surface area contributed by atoms with Gasteiger partial charge in [0.2, 0.25) is 0 Å². The first kappa shape index (κ1) is 20.7. The third kappa shape index (κ3) is 4.43. The third-order valence-corrected chi connectivity index (χ3v) is 6.40. The van der Waals surface area contributed by atoms with E-state index in [9.17, 15) is 14.9 Å². The molecule has 7 nitrogen and oxygen atoms in total. The number of piperazine rings is 1. The molecule has 0 N–H and O–H groups in total. The molecule has 0 atom stereocenters. The fourth-order valence-electron chi connectivity index (χ4n) is 4.19. The number of hydrogen-bond acceptors (Lipinski definition) is 5. The number of nitrogens with zero attached hydrogens (tertiary/aromatic N) is 4. The maximum Gasteiger partial charge on any atom is 0.292 e. The number of halogens is 1. The van der Waals surface area contributed by atoms with Gasteiger partial charge in [0.15, 0.2) is 0 Å². The quantitative estimate of drug-likeness (QED) is 0.489. The molecule has 0 spiro atoms. The molecule has 0 aromatic heterocycles. The molecule has 2 aliphatic rings. The van der Waals surface area contributed by atoms with Gasteiger partial charge in [0.05, 0.1) is 4.92 Å². The second-order valence-electron chi connectivity index (χ2n) is 7.76. The monoisotopic (exact) mass is 472 g/mol. The van der Waals surface area contributed by atoms with E-state index < -0.39 is 0 Å². The van der Waals surface area contributed by atoms with Crippen LogP contribution in [0.1, 0.15) is 29.6 Å². The van der Waals surface area contributed by atoms with Crippen LogP contribution in [0.5, 0.6) is 0 Å². The van der Waals surface area contributed by atoms with E-state index in [0.717, 1.165) is 36.1 Å². The summed E-state index contributed by atoms with van der Waals surface area (Å²) in [5.74, 6) is 0.0415. The zero-order chi connectivity index (χ0) is 21.1. The van der Waals surface area contributed by atoms with Crippen molar-refractivity contribution >= 4 is 38.9 Å². The molecule has 158 valence electrons. The maximum absolute atomic E-state index is 12.7. The van der Waals surface area contributed by atoms with E-state index in [-0.39, 0.29) is 16.5 Å². The molecule has 0 radical (unpaired) electrons. The summed E-state index contributed by atoms with van der Waals surface area (Å²) in [4.78, 5) is 30.2. The van der Waals surface area contributed by atoms with E-state index in [4.69, 9.17) is 0 Å². The Morgan fingerprint density at radius 2 is 1.53 bits per heavy atom. The molecule has 2 aromatic carbocycles. The number of rotatable bonds is 4. The lowest BCUT2D eigenvalue weighted by Gasteiger charge is -2.37. The summed E-state index contributed by atoms with van der Waals surface area (Å²) in [6.07, 6.45) is 3.31. The summed E-state index contributed by atoms with van der Waals surface area (Å²) in [6.45, 7) is 4.40. The zero-order valence-corrected chi connectivity index (χ0v) is 18.4. The van der Waals surface area contributed by atoms with Crippen LogP contribution >= 0.6 is 15.9 Å². The van der Waals surface area contributed by atoms with Gasteiger partial charge in [-0.1, -0.05) is 15.9 Å². The summed E-state index contributed by atoms with van der Waals surface area (Å²) in [5.41, 5.74) is 2.56. The normalized spacial score (nSPS) is 17.2. The van der Waals surface area contributed by atoms with Crippen molar-refractivity contribution in [2.75, 3.05) is 49.1 Å². The first-order chi connectivity index (χ1) is 14.5. The molecular weight excluding hydrogens is 448 g/mol. The van der Waals surface area contributed by atoms with Crippen LogP contribution in [0.25, 0.3) is 0 Å². The molecule has 2 saturated heterocycles. The van der Waals surface area contributed by atoms with Crippen LogP contribution in [0, 0.1) is 10.1 Å². The summed E-state index contributed by atoms with van der Waals surface area (Å²) in [7, 11) is 0. The van der Waals surface area contributed by atoms with Gasteiger partial charge in [-0.25, -0.2) is 0 Å². The van der Waals surface area contributed by atoms with Gasteiger partial charge in [-0.3, -0.25) is 14.9 Å². The number of carbonyl (C=O) groups is 1. The number of benzene rings is 2. The molecule has 0 bridgehead atoms. The average Bonchev–Trinajstić information content (AvgIpc) is 2.79. The van der Waals surface area contributed by atoms with E-state index in [0.29, 0.717) is 37.4 Å². The van der Waals surface area contributed by atoms with Crippen molar-refractivity contribution in [3.05, 3.63) is 62.6 Å². The summed E-state index contributed by atoms with van der Waals surface area (Å²) < 4.78 is 0.951. The van der Waals surface area contributed by atoms with E-state index >= 15 is 0 Å². The number of amides is 1. The maximum atomic E-state index is 12.7. The van der Waals surface area contributed by atoms with E-state index in [1.54, 1.807) is 6.07 Å². The highest BCUT2D eigenvalue weighted by molar-refractivity contribution is 9.10. The lowest BCUT2D eigenvalue weighted by Crippen LogP contribution is -2.48. The number of anilines is 2. The molecule has 8 heteroatoms. The van der Waals surface area contributed by atoms with Crippen molar-refractivity contribution in [3.8, 4) is 0 Å². The number of nitro groups is 1. The second kappa shape index (κ2) is 9.04. The molecule has 2 aromatic rings. The fraction of sp³-hybridized carbons (Fsp3) is 0.409. The van der Waals surface area contributed by atoms with Crippen LogP contribution in [-0.2, 0) is 0 Å². The first-order valence-corrected chi connectivity index (χ1v) is 11.2. The Morgan fingerprint density at radius 1 is 0.867 bits per heavy atom. The number of piperidine rings is 1. The topological polar surface area (TPSA) is 69.9 Å². The molecule has 1 amide bonds. The lowest BCUT2D eigenvalue weighted by molar-refractivity contribution is -0.384. The van der Waals surface area contributed by atoms with Crippen LogP contribution in [0.3, 0.4) is 0 Å². The Morgan fingerprint density at radius 3 is 2.17 bits per heavy atom. The van der Waals surface area contributed by atoms with Gasteiger partial charge in [-0.2, -0.15) is 0 Å². The Hall–Kier alpha value is -2.61. The molecule has 2 aliphatic heterocycles. The zero-order valence-electron chi connectivity index (χ0n) is 16.8. The molecular formula is C22H25BrN4O3. The van der Waals surface area contributed by atoms with Crippen molar-refractivity contribution in [3.63, 3.8) is 0 Å². The highest BCUT2D eigenvalue weighted by atomic mass is 79.9. The molecule has 30 heavy (non-hydrogen) atoms. The van der Waals surface area contributed by atoms with Crippen molar-refractivity contribution in [2.45, 2.75) is 19.3 Å². The molecule has 4 rings (SSSR count). The highest BCUT2D eigenvalue weighted by Crippen LogP contribution is 2.34. The smallest absolute Gasteiger partial charge is 0.292 e. The fourth-order valence-corrected chi connectivity index (χ4v) is 4.46. The Labute approximate surface area is 184 Å². The van der Waals surface area contributed by atoms with E-state index in [1.165, 1.54) is 6.42 Å². The van der Waals surface area contributed by atoms with Gasteiger partial charge in [-0.15, -0.1) is 0 Å². The van der Waals surface area contributed by atoms with Crippen LogP contribution in [-0.4, -0.2) is 55.0 Å². The van der Waals surface area contributed by atoms with Crippen LogP contribution in [0.2, 0.25) is 0 Å². The van der Waals surface area contributed by atoms with Crippen LogP contribution in [0.4, 0.5) is 17.1 Å². The van der Waals surface area contributed by atoms with Crippen LogP contribution in [0.15, 0.2) is 46.9 Å². The van der Waals surface area contributed by atoms with Gasteiger partial charge < -0.3 is 14.7 Å². The Kier molecular flexibility index (Phi) is 6.22. The number of nitro benzene ring substituents is 1. The first-order valence-electron chi connectivity index (χ1n) is 10.4. The van der Waals surface area contributed by atoms with Gasteiger partial charge in [0, 0.05) is 61.1 Å². The van der Waals surface area contributed by atoms with Crippen molar-refractivity contribution in [1.29, 1.82) is 0 Å². The second-order valence-corrected chi connectivity index (χ2v) is 8.68. The van der Waals surface area contributed by atoms with Crippen molar-refractivity contribution < 1.29 is 9.72 Å². The SMILES string of the molecule is O=C(c1ccc(Br)cc1)N1CCN(c2ccc([N+](=O)[O-])c(N3CCCCC3)c2)CC1. The number of hydrogen-bond donors (Lipinski definition) is 0. The minimum Gasteiger partial charge on any atom is -0.368 e. The predicted molar refractivity (Wildman–Crippen MR) is 121 cm³/mol. The van der Waals surface area contributed by atoms with Gasteiger partial charge in [0.1, 0.15) is 5.69 Å². The molecule has 0 saturated carbocycles. The minimum absolute atomic E-state index is 0.0415. The van der Waals surface area contributed by atoms with Crippen LogP contribution < -0.4 is 9.80 Å². The molecule has 2 fully saturated rings. The van der Waals surface area contributed by atoms with Crippen molar-refractivity contribution in [1.82, 2.24) is 4.90 Å². The molecule has 0 unspecified atom stereocenters. The van der Waals surface area contributed by atoms with Gasteiger partial charge in [-0.05, 0) is 55.7 Å². The van der Waals surface area contributed by atoms with Gasteiger partial charge >= 0.3 is 0 Å². The summed E-state index contributed by atoms with van der Waals surface area (Å²) in [6, 6.07) is 12.8. The average molecular weight is 473 g/mol. The number of carbonyl (C=O) groups excluding carboxylic acids is 1. The summed E-state index contributed by atoms with van der Waals surface area (Å²) in [5, 5.41) is 11.5. The minimum atomic E-state index is -0.289.